The number of carbonyl (C=O) groups is 2. The summed E-state index contributed by atoms with van der Waals surface area (Å²) in [4.78, 5) is 54.3. The number of nitrogens with one attached hydrogen (secondary N) is 1. The van der Waals surface area contributed by atoms with Gasteiger partial charge in [-0.25, -0.2) is 14.8 Å². The summed E-state index contributed by atoms with van der Waals surface area (Å²) in [6.07, 6.45) is 10.3. The van der Waals surface area contributed by atoms with E-state index in [2.05, 4.69) is 25.1 Å². The Morgan fingerprint density at radius 3 is 2.17 bits per heavy atom. The standard InChI is InChI=1S/C15H17ClN4O3.C11H13ClN4O2.C4H5O2/c16-12-4-2-10(8-17-12)9-18-6-1-7-19-13-5-3-11(23-13)14(15(18)19)20(21)22;12-10-3-2-9(6-14-10)7-15-5-1-4-13-11(15)8-16(17)18;5-3-1-2-4-6/h2,4,8,11,13H,1,3,5-7,9H2;2-3,6,8,13H,1,4-5,7H2;1,3-4H,2H2/q;;+1/b;11-8+;. The largest absolute Gasteiger partial charge is 0.367 e. The molecule has 6 heterocycles. The van der Waals surface area contributed by atoms with Crippen LogP contribution in [0.15, 0.2) is 60.2 Å². The van der Waals surface area contributed by atoms with Gasteiger partial charge in [-0.05, 0) is 48.9 Å². The molecule has 0 saturated carbocycles. The third kappa shape index (κ3) is 10.0. The van der Waals surface area contributed by atoms with Crippen LogP contribution in [-0.4, -0.2) is 85.6 Å². The van der Waals surface area contributed by atoms with Gasteiger partial charge in [0.2, 0.25) is 0 Å². The highest BCUT2D eigenvalue weighted by atomic mass is 35.5. The van der Waals surface area contributed by atoms with Crippen molar-refractivity contribution in [2.75, 3.05) is 26.2 Å². The Kier molecular flexibility index (Phi) is 13.1. The molecule has 4 aliphatic heterocycles. The first-order chi connectivity index (χ1) is 22.7. The van der Waals surface area contributed by atoms with Gasteiger partial charge in [0, 0.05) is 51.7 Å². The maximum atomic E-state index is 11.6. The minimum absolute atomic E-state index is 0.0233. The summed E-state index contributed by atoms with van der Waals surface area (Å²) in [5.74, 6) is 1.27. The van der Waals surface area contributed by atoms with Gasteiger partial charge in [-0.2, -0.15) is 0 Å². The van der Waals surface area contributed by atoms with Crippen LogP contribution in [0.2, 0.25) is 10.3 Å². The number of aldehydes is 2. The molecule has 2 aromatic rings. The van der Waals surface area contributed by atoms with Gasteiger partial charge in [-0.3, -0.25) is 25.0 Å². The molecule has 0 aliphatic carbocycles. The summed E-state index contributed by atoms with van der Waals surface area (Å²) in [7, 11) is 0. The molecule has 0 aromatic carbocycles. The van der Waals surface area contributed by atoms with E-state index < -0.39 is 4.92 Å². The average molecular weight is 691 g/mol. The molecule has 4 aliphatic rings. The number of hydrogen-bond donors (Lipinski definition) is 1. The summed E-state index contributed by atoms with van der Waals surface area (Å²) < 4.78 is 5.82. The zero-order valence-electron chi connectivity index (χ0n) is 25.5. The van der Waals surface area contributed by atoms with Crippen LogP contribution in [0.3, 0.4) is 0 Å². The van der Waals surface area contributed by atoms with Crippen molar-refractivity contribution < 1.29 is 24.2 Å². The summed E-state index contributed by atoms with van der Waals surface area (Å²) >= 11 is 11.5. The van der Waals surface area contributed by atoms with Gasteiger partial charge in [0.1, 0.15) is 16.5 Å². The Labute approximate surface area is 281 Å². The second-order valence-corrected chi connectivity index (χ2v) is 11.6. The van der Waals surface area contributed by atoms with Gasteiger partial charge in [-0.15, -0.1) is 0 Å². The van der Waals surface area contributed by atoms with Crippen LogP contribution in [0.4, 0.5) is 0 Å². The van der Waals surface area contributed by atoms with E-state index in [1.807, 2.05) is 17.0 Å². The molecule has 2 aromatic heterocycles. The molecular formula is C30H35Cl2N8O7+. The van der Waals surface area contributed by atoms with Crippen LogP contribution < -0.4 is 5.32 Å². The van der Waals surface area contributed by atoms with Gasteiger partial charge in [-0.1, -0.05) is 35.3 Å². The SMILES string of the molecule is O=C[CH+]CC=O.O=[N+]([O-])/C=C1\NCCCN1Cc1ccc(Cl)nc1.O=[N+]([O-])C1=C2N(Cc3ccc(Cl)nc3)CCCN2C2CCC1O2. The van der Waals surface area contributed by atoms with E-state index in [4.69, 9.17) is 27.9 Å². The minimum Gasteiger partial charge on any atom is -0.367 e. The summed E-state index contributed by atoms with van der Waals surface area (Å²) in [5.41, 5.74) is 2.17. The maximum absolute atomic E-state index is 11.6. The number of unbranched alkanes of at least 4 members (excludes halogenated alkanes) is 1. The quantitative estimate of drug-likeness (QED) is 0.101. The van der Waals surface area contributed by atoms with E-state index in [0.29, 0.717) is 41.8 Å². The minimum atomic E-state index is -0.444. The summed E-state index contributed by atoms with van der Waals surface area (Å²) in [6, 6.07) is 7.24. The molecule has 17 heteroatoms. The molecule has 3 saturated heterocycles. The lowest BCUT2D eigenvalue weighted by molar-refractivity contribution is -0.445. The normalized spacial score (nSPS) is 20.6. The molecule has 2 atom stereocenters. The topological polar surface area (TPSA) is 177 Å². The highest BCUT2D eigenvalue weighted by Gasteiger charge is 2.49. The Morgan fingerprint density at radius 2 is 1.62 bits per heavy atom. The molecule has 0 amide bonds. The third-order valence-corrected chi connectivity index (χ3v) is 8.05. The Hall–Kier alpha value is -4.47. The molecule has 6 rings (SSSR count). The number of aromatic nitrogens is 2. The van der Waals surface area contributed by atoms with Crippen LogP contribution >= 0.6 is 23.2 Å². The fraction of sp³-hybridized carbons (Fsp3) is 0.433. The van der Waals surface area contributed by atoms with Gasteiger partial charge in [0.15, 0.2) is 36.9 Å². The van der Waals surface area contributed by atoms with Gasteiger partial charge in [0.05, 0.1) is 9.85 Å². The van der Waals surface area contributed by atoms with Crippen molar-refractivity contribution >= 4 is 35.8 Å². The van der Waals surface area contributed by atoms with Crippen LogP contribution in [0, 0.1) is 26.6 Å². The molecule has 3 fully saturated rings. The Balaban J connectivity index is 0.000000186. The van der Waals surface area contributed by atoms with Crippen molar-refractivity contribution in [3.63, 3.8) is 0 Å². The number of nitrogens with zero attached hydrogens (tertiary/aromatic N) is 7. The number of ether oxygens (including phenoxy) is 1. The Morgan fingerprint density at radius 1 is 0.957 bits per heavy atom. The highest BCUT2D eigenvalue weighted by Crippen LogP contribution is 2.40. The van der Waals surface area contributed by atoms with Crippen molar-refractivity contribution in [3.05, 3.63) is 108 Å². The molecule has 1 N–H and O–H groups in total. The third-order valence-electron chi connectivity index (χ3n) is 7.61. The van der Waals surface area contributed by atoms with Gasteiger partial charge in [0.25, 0.3) is 12.5 Å². The van der Waals surface area contributed by atoms with Gasteiger partial charge < -0.3 is 24.8 Å². The number of hydrogen-bond acceptors (Lipinski definition) is 13. The van der Waals surface area contributed by atoms with Crippen LogP contribution in [0.5, 0.6) is 0 Å². The molecular weight excluding hydrogens is 655 g/mol. The first-order valence-corrected chi connectivity index (χ1v) is 15.8. The van der Waals surface area contributed by atoms with Crippen molar-refractivity contribution in [1.82, 2.24) is 30.0 Å². The molecule has 250 valence electrons. The van der Waals surface area contributed by atoms with E-state index in [1.54, 1.807) is 24.5 Å². The van der Waals surface area contributed by atoms with Crippen molar-refractivity contribution in [1.29, 1.82) is 0 Å². The first kappa shape index (κ1) is 35.4. The lowest BCUT2D eigenvalue weighted by Crippen LogP contribution is -2.51. The number of fused-ring (bicyclic) bond motifs is 4. The highest BCUT2D eigenvalue weighted by molar-refractivity contribution is 6.29. The predicted molar refractivity (Wildman–Crippen MR) is 171 cm³/mol. The smallest absolute Gasteiger partial charge is 0.314 e. The second kappa shape index (κ2) is 17.4. The van der Waals surface area contributed by atoms with Crippen molar-refractivity contribution in [2.24, 2.45) is 0 Å². The molecule has 2 bridgehead atoms. The summed E-state index contributed by atoms with van der Waals surface area (Å²) in [6.45, 7) is 4.32. The average Bonchev–Trinajstić information content (AvgIpc) is 3.47. The number of pyridine rings is 2. The van der Waals surface area contributed by atoms with E-state index in [1.165, 1.54) is 6.42 Å². The Bertz CT molecular complexity index is 1450. The van der Waals surface area contributed by atoms with E-state index in [0.717, 1.165) is 75.0 Å². The molecule has 2 unspecified atom stereocenters. The fourth-order valence-electron chi connectivity index (χ4n) is 5.62. The van der Waals surface area contributed by atoms with Crippen LogP contribution in [0.1, 0.15) is 43.2 Å². The zero-order valence-corrected chi connectivity index (χ0v) is 27.0. The van der Waals surface area contributed by atoms with Crippen molar-refractivity contribution in [2.45, 2.75) is 57.5 Å². The number of rotatable bonds is 9. The van der Waals surface area contributed by atoms with Crippen LogP contribution in [0.25, 0.3) is 0 Å². The van der Waals surface area contributed by atoms with Crippen molar-refractivity contribution in [3.8, 4) is 0 Å². The predicted octanol–water partition coefficient (Wildman–Crippen LogP) is 3.79. The van der Waals surface area contributed by atoms with E-state index in [-0.39, 0.29) is 29.4 Å². The fourth-order valence-corrected chi connectivity index (χ4v) is 5.85. The van der Waals surface area contributed by atoms with Gasteiger partial charge >= 0.3 is 5.70 Å². The summed E-state index contributed by atoms with van der Waals surface area (Å²) in [5, 5.41) is 26.1. The molecule has 0 spiro atoms. The van der Waals surface area contributed by atoms with E-state index in [9.17, 15) is 29.8 Å². The zero-order chi connectivity index (χ0) is 33.8. The molecule has 47 heavy (non-hydrogen) atoms. The monoisotopic (exact) mass is 689 g/mol. The van der Waals surface area contributed by atoms with Crippen LogP contribution in [-0.2, 0) is 27.4 Å². The molecule has 0 radical (unpaired) electrons. The lowest BCUT2D eigenvalue weighted by Gasteiger charge is -2.44. The number of halogens is 2. The number of nitro groups is 2. The maximum Gasteiger partial charge on any atom is 0.314 e. The number of carbonyl (C=O) groups excluding carboxylic acids is 2. The van der Waals surface area contributed by atoms with E-state index >= 15 is 0 Å². The first-order valence-electron chi connectivity index (χ1n) is 15.0. The second-order valence-electron chi connectivity index (χ2n) is 10.8. The molecule has 15 nitrogen and oxygen atoms in total. The lowest BCUT2D eigenvalue weighted by atomic mass is 10.1.